The fourth-order valence-electron chi connectivity index (χ4n) is 15.0. The Morgan fingerprint density at radius 3 is 1.35 bits per heavy atom. The summed E-state index contributed by atoms with van der Waals surface area (Å²) in [6.45, 7) is -0.923. The van der Waals surface area contributed by atoms with Crippen molar-refractivity contribution in [2.24, 2.45) is 0 Å². The lowest BCUT2D eigenvalue weighted by Crippen LogP contribution is -2.72. The van der Waals surface area contributed by atoms with Gasteiger partial charge in [0.2, 0.25) is 11.8 Å². The van der Waals surface area contributed by atoms with Gasteiger partial charge in [-0.25, -0.2) is 4.79 Å². The number of carboxylic acid groups (broad SMARTS) is 1. The Labute approximate surface area is 645 Å². The number of aliphatic carboxylic acids is 1. The number of carbonyl (C=O) groups is 3. The Morgan fingerprint density at radius 1 is 0.455 bits per heavy atom. The standard InChI is InChI=1S/C75H138N2O33/c1-4-6-8-10-12-14-16-17-18-19-20-21-22-23-24-25-27-29-31-33-35-46(85)69(98)77-44(54(88)45(84)34-32-30-28-26-15-13-11-9-7-5-2)42-101-70-60(94)59(93)65(52(41-82)105-70)107-73-63(97)68(57(91)51(40-81)104-73)110-75(74(99)100)36-49(53(76-43(3)83)66(109-75)55(89)47(86)37-78)102-72-62(96)67(56(90)50(39-80)103-72)108-71-61(95)58(92)64(106-71)48(87)38-79/h44-68,70-73,78-82,84-97H,4-42H2,1-3H3,(H,76,83)(H,77,98)(H,99,100)/t44-,45+,46+,47+,48+,49-,50+,51+,52+,53+,54-,55+,56-,57-,58+,59+,60+,61+,62+,63+,64-,65+,66+,67-,68-,70+,71-,72-,73-,75-/m0/s1. The number of aliphatic hydroxyl groups is 19. The molecule has 0 bridgehead atoms. The van der Waals surface area contributed by atoms with Crippen LogP contribution in [-0.2, 0) is 61.8 Å². The second kappa shape index (κ2) is 52.1. The molecule has 5 rings (SSSR count). The predicted octanol–water partition coefficient (Wildman–Crippen LogP) is -1.46. The molecular weight excluding hydrogens is 1460 g/mol. The number of amides is 2. The van der Waals surface area contributed by atoms with E-state index in [1.807, 2.05) is 0 Å². The molecule has 35 heteroatoms. The summed E-state index contributed by atoms with van der Waals surface area (Å²) in [5, 5.41) is 226. The summed E-state index contributed by atoms with van der Waals surface area (Å²) in [4.78, 5) is 40.5. The van der Waals surface area contributed by atoms with Gasteiger partial charge >= 0.3 is 5.97 Å². The number of hydrogen-bond donors (Lipinski definition) is 22. The lowest BCUT2D eigenvalue weighted by molar-refractivity contribution is -0.393. The van der Waals surface area contributed by atoms with Crippen LogP contribution in [0.15, 0.2) is 0 Å². The van der Waals surface area contributed by atoms with Crippen LogP contribution in [0.25, 0.3) is 0 Å². The molecule has 5 saturated heterocycles. The first kappa shape index (κ1) is 97.8. The highest BCUT2D eigenvalue weighted by atomic mass is 16.8. The summed E-state index contributed by atoms with van der Waals surface area (Å²) < 4.78 is 58.2. The number of nitrogens with one attached hydrogen (secondary N) is 2. The van der Waals surface area contributed by atoms with Crippen LogP contribution in [0.5, 0.6) is 0 Å². The number of rotatable bonds is 57. The van der Waals surface area contributed by atoms with Crippen molar-refractivity contribution in [3.63, 3.8) is 0 Å². The van der Waals surface area contributed by atoms with Crippen LogP contribution in [0.2, 0.25) is 0 Å². The monoisotopic (exact) mass is 1590 g/mol. The molecule has 5 fully saturated rings. The van der Waals surface area contributed by atoms with Crippen molar-refractivity contribution in [3.8, 4) is 0 Å². The molecule has 110 heavy (non-hydrogen) atoms. The van der Waals surface area contributed by atoms with Crippen molar-refractivity contribution < 1.29 is 164 Å². The molecule has 0 aromatic carbocycles. The fraction of sp³-hybridized carbons (Fsp3) is 0.960. The van der Waals surface area contributed by atoms with E-state index in [9.17, 15) is 117 Å². The van der Waals surface area contributed by atoms with Crippen LogP contribution in [-0.4, -0.2) is 343 Å². The van der Waals surface area contributed by atoms with E-state index in [0.717, 1.165) is 84.0 Å². The molecule has 646 valence electrons. The molecule has 5 aliphatic rings. The average molecular weight is 1600 g/mol. The Morgan fingerprint density at radius 2 is 0.882 bits per heavy atom. The molecule has 35 nitrogen and oxygen atoms in total. The first-order valence-corrected chi connectivity index (χ1v) is 40.6. The SMILES string of the molecule is CCCCCCCCCCCCCCCCCCCCCC[C@@H](O)C(=O)N[C@@H](CO[C@@H]1O[C@H](CO)[C@@H](O[C@@H]2O[C@H](CO)[C@H](O)[C@H](O[C@]3(C(=O)O)C[C@H](O[C@H]4O[C@H](CO)[C@H](O)[C@H](O[C@@H]5O[C@@H]([C@H](O)CO)[C@H](O)[C@H]5O)[C@H]4O)[C@@H](NC(C)=O)[C@H]([C@H](O)[C@H](O)CO)O3)[C@H]2O)[C@H](O)[C@H]1O)[C@H](O)[C@H](O)CCCCCCCCCCCC. The molecule has 5 aliphatic heterocycles. The summed E-state index contributed by atoms with van der Waals surface area (Å²) >= 11 is 0. The van der Waals surface area contributed by atoms with E-state index in [0.29, 0.717) is 12.8 Å². The molecule has 0 saturated carbocycles. The Hall–Kier alpha value is -2.75. The zero-order valence-electron chi connectivity index (χ0n) is 64.6. The van der Waals surface area contributed by atoms with Crippen molar-refractivity contribution in [2.75, 3.05) is 39.6 Å². The van der Waals surface area contributed by atoms with Gasteiger partial charge < -0.3 is 160 Å². The number of carbonyl (C=O) groups excluding carboxylic acids is 2. The minimum absolute atomic E-state index is 0.0871. The molecule has 22 N–H and O–H groups in total. The van der Waals surface area contributed by atoms with E-state index in [1.54, 1.807) is 0 Å². The molecule has 2 amide bonds. The maximum absolute atomic E-state index is 13.9. The topological polar surface area (TPSA) is 572 Å². The minimum atomic E-state index is -3.43. The van der Waals surface area contributed by atoms with Gasteiger partial charge in [0.1, 0.15) is 128 Å². The normalized spacial score (nSPS) is 34.1. The highest BCUT2D eigenvalue weighted by molar-refractivity contribution is 5.80. The van der Waals surface area contributed by atoms with Gasteiger partial charge in [0.05, 0.1) is 63.9 Å². The second-order valence-corrected chi connectivity index (χ2v) is 30.6. The molecule has 0 unspecified atom stereocenters. The maximum atomic E-state index is 13.9. The first-order chi connectivity index (χ1) is 52.7. The van der Waals surface area contributed by atoms with Crippen LogP contribution in [0.1, 0.15) is 233 Å². The summed E-state index contributed by atoms with van der Waals surface area (Å²) in [6, 6.07) is -3.37. The van der Waals surface area contributed by atoms with Gasteiger partial charge in [0, 0.05) is 13.3 Å². The molecular formula is C75H138N2O33. The smallest absolute Gasteiger partial charge is 0.364 e. The fourth-order valence-corrected chi connectivity index (χ4v) is 15.0. The number of unbranched alkanes of at least 4 members (excludes halogenated alkanes) is 28. The molecule has 0 aliphatic carbocycles. The summed E-state index contributed by atoms with van der Waals surface area (Å²) in [5.74, 6) is -7.46. The lowest BCUT2D eigenvalue weighted by Gasteiger charge is -2.52. The van der Waals surface area contributed by atoms with E-state index < -0.39 is 247 Å². The number of aliphatic hydroxyl groups excluding tert-OH is 19. The van der Waals surface area contributed by atoms with E-state index in [-0.39, 0.29) is 12.8 Å². The minimum Gasteiger partial charge on any atom is -0.477 e. The maximum Gasteiger partial charge on any atom is 0.364 e. The summed E-state index contributed by atoms with van der Waals surface area (Å²) in [7, 11) is 0. The van der Waals surface area contributed by atoms with E-state index in [1.165, 1.54) is 103 Å². The highest BCUT2D eigenvalue weighted by Gasteiger charge is 2.62. The molecule has 0 radical (unpaired) electrons. The Kier molecular flexibility index (Phi) is 46.4. The van der Waals surface area contributed by atoms with Gasteiger partial charge in [-0.3, -0.25) is 9.59 Å². The first-order valence-electron chi connectivity index (χ1n) is 40.6. The molecule has 0 spiro atoms. The zero-order chi connectivity index (χ0) is 81.0. The third kappa shape index (κ3) is 30.0. The third-order valence-electron chi connectivity index (χ3n) is 21.7. The van der Waals surface area contributed by atoms with Gasteiger partial charge in [-0.1, -0.05) is 206 Å². The van der Waals surface area contributed by atoms with E-state index >= 15 is 0 Å². The van der Waals surface area contributed by atoms with Crippen LogP contribution < -0.4 is 10.6 Å². The van der Waals surface area contributed by atoms with Crippen LogP contribution in [0.3, 0.4) is 0 Å². The lowest BCUT2D eigenvalue weighted by atomic mass is 9.87. The van der Waals surface area contributed by atoms with Crippen LogP contribution in [0, 0.1) is 0 Å². The number of carboxylic acids is 1. The van der Waals surface area contributed by atoms with E-state index in [2.05, 4.69) is 24.5 Å². The molecule has 30 atom stereocenters. The van der Waals surface area contributed by atoms with Gasteiger partial charge in [0.25, 0.3) is 5.79 Å². The van der Waals surface area contributed by atoms with Crippen molar-refractivity contribution in [1.29, 1.82) is 0 Å². The largest absolute Gasteiger partial charge is 0.477 e. The Balaban J connectivity index is 1.27. The Bertz CT molecular complexity index is 2470. The van der Waals surface area contributed by atoms with Crippen LogP contribution >= 0.6 is 0 Å². The van der Waals surface area contributed by atoms with Crippen molar-refractivity contribution in [2.45, 2.75) is 416 Å². The second-order valence-electron chi connectivity index (χ2n) is 30.6. The summed E-state index contributed by atoms with van der Waals surface area (Å²) in [6.07, 6.45) is -22.4. The molecule has 0 aromatic heterocycles. The zero-order valence-corrected chi connectivity index (χ0v) is 64.6. The number of hydrogen-bond acceptors (Lipinski definition) is 32. The van der Waals surface area contributed by atoms with Crippen molar-refractivity contribution in [1.82, 2.24) is 10.6 Å². The quantitative estimate of drug-likeness (QED) is 0.0309. The van der Waals surface area contributed by atoms with E-state index in [4.69, 9.17) is 47.4 Å². The molecule has 0 aromatic rings. The van der Waals surface area contributed by atoms with Crippen molar-refractivity contribution >= 4 is 17.8 Å². The summed E-state index contributed by atoms with van der Waals surface area (Å²) in [5.41, 5.74) is 0. The predicted molar refractivity (Wildman–Crippen MR) is 388 cm³/mol. The average Bonchev–Trinajstić information content (AvgIpc) is 0.871. The van der Waals surface area contributed by atoms with Gasteiger partial charge in [-0.2, -0.15) is 0 Å². The highest BCUT2D eigenvalue weighted by Crippen LogP contribution is 2.42. The van der Waals surface area contributed by atoms with Gasteiger partial charge in [0.15, 0.2) is 25.2 Å². The third-order valence-corrected chi connectivity index (χ3v) is 21.7. The molecule has 5 heterocycles. The van der Waals surface area contributed by atoms with Crippen LogP contribution in [0.4, 0.5) is 0 Å². The van der Waals surface area contributed by atoms with Gasteiger partial charge in [-0.15, -0.1) is 0 Å². The van der Waals surface area contributed by atoms with Gasteiger partial charge in [-0.05, 0) is 12.8 Å². The van der Waals surface area contributed by atoms with Crippen molar-refractivity contribution in [3.05, 3.63) is 0 Å². The number of ether oxygens (including phenoxy) is 10.